The summed E-state index contributed by atoms with van der Waals surface area (Å²) in [7, 11) is 0. The van der Waals surface area contributed by atoms with Crippen LogP contribution in [-0.2, 0) is 16.1 Å². The van der Waals surface area contributed by atoms with Crippen molar-refractivity contribution in [2.24, 2.45) is 0 Å². The van der Waals surface area contributed by atoms with Crippen LogP contribution in [0.25, 0.3) is 0 Å². The first-order valence-electron chi connectivity index (χ1n) is 6.61. The third-order valence-corrected chi connectivity index (χ3v) is 3.50. The summed E-state index contributed by atoms with van der Waals surface area (Å²) in [6.45, 7) is 1.26. The van der Waals surface area contributed by atoms with Crippen LogP contribution >= 0.6 is 23.2 Å². The van der Waals surface area contributed by atoms with Crippen molar-refractivity contribution in [1.29, 1.82) is 0 Å². The van der Waals surface area contributed by atoms with Crippen molar-refractivity contribution < 1.29 is 31.8 Å². The van der Waals surface area contributed by atoms with Gasteiger partial charge in [-0.3, -0.25) is 14.8 Å². The van der Waals surface area contributed by atoms with E-state index < -0.39 is 5.91 Å². The molecule has 2 N–H and O–H groups in total. The summed E-state index contributed by atoms with van der Waals surface area (Å²) in [6.07, 6.45) is 3.40. The Hall–Kier alpha value is -1.86. The molecular formula is C15H14Cl3N3O3. The van der Waals surface area contributed by atoms with Gasteiger partial charge in [0, 0.05) is 19.1 Å². The molecule has 0 aliphatic rings. The quantitative estimate of drug-likeness (QED) is 0.426. The fourth-order valence-electron chi connectivity index (χ4n) is 1.88. The monoisotopic (exact) mass is 389 g/mol. The number of halogens is 3. The topological polar surface area (TPSA) is 73.5 Å². The Morgan fingerprint density at radius 1 is 1.17 bits per heavy atom. The highest BCUT2D eigenvalue weighted by Gasteiger charge is 2.20. The number of anilines is 2. The summed E-state index contributed by atoms with van der Waals surface area (Å²) in [4.78, 5) is 23.2. The molecule has 2 rings (SSSR count). The van der Waals surface area contributed by atoms with Crippen molar-refractivity contribution in [3.63, 3.8) is 0 Å². The number of carbonyl (C=O) groups is 2. The Labute approximate surface area is 155 Å². The fourth-order valence-corrected chi connectivity index (χ4v) is 2.45. The molecule has 0 atom stereocenters. The van der Waals surface area contributed by atoms with E-state index >= 15 is 0 Å². The maximum atomic E-state index is 12.1. The number of nitrogens with zero attached hydrogens (tertiary/aromatic N) is 2. The number of rotatable bonds is 4. The summed E-state index contributed by atoms with van der Waals surface area (Å²) in [5.74, 6) is -0.903. The second-order valence-electron chi connectivity index (χ2n) is 4.72. The minimum absolute atomic E-state index is 0. The van der Waals surface area contributed by atoms with Gasteiger partial charge in [0.2, 0.25) is 12.5 Å². The number of carbonyl (C=O) groups excluding carboxylic acids is 2. The summed E-state index contributed by atoms with van der Waals surface area (Å²) in [5, 5.41) is 13.2. The SMILES string of the molecule is CC(=O)Nc1c(Cl)cc(N(O)C(=O)C[n+]2ccccc2)cc1Cl.[Cl-]. The standard InChI is InChI=1S/C15H13Cl2N3O3.ClH/c1-10(21)18-15-12(16)7-11(8-13(15)17)20(23)14(22)9-19-5-3-2-4-6-19;/h2-8,23H,9H2,1H3;1H. The average molecular weight is 391 g/mol. The molecule has 2 amide bonds. The first-order valence-corrected chi connectivity index (χ1v) is 7.36. The molecule has 0 bridgehead atoms. The molecule has 24 heavy (non-hydrogen) atoms. The third-order valence-electron chi connectivity index (χ3n) is 2.90. The second kappa shape index (κ2) is 8.84. The number of hydrogen-bond donors (Lipinski definition) is 2. The van der Waals surface area contributed by atoms with Crippen LogP contribution in [-0.4, -0.2) is 17.0 Å². The Balaban J connectivity index is 0.00000288. The van der Waals surface area contributed by atoms with Gasteiger partial charge in [-0.05, 0) is 12.1 Å². The molecule has 0 saturated heterocycles. The fraction of sp³-hybridized carbons (Fsp3) is 0.133. The third kappa shape index (κ3) is 5.07. The first-order chi connectivity index (χ1) is 10.9. The predicted octanol–water partition coefficient (Wildman–Crippen LogP) is -0.334. The van der Waals surface area contributed by atoms with Crippen LogP contribution in [0.3, 0.4) is 0 Å². The van der Waals surface area contributed by atoms with Gasteiger partial charge < -0.3 is 17.7 Å². The predicted molar refractivity (Wildman–Crippen MR) is 86.7 cm³/mol. The summed E-state index contributed by atoms with van der Waals surface area (Å²) >= 11 is 12.1. The highest BCUT2D eigenvalue weighted by Crippen LogP contribution is 2.34. The Bertz CT molecular complexity index is 718. The number of hydrogen-bond acceptors (Lipinski definition) is 3. The highest BCUT2D eigenvalue weighted by molar-refractivity contribution is 6.40. The van der Waals surface area contributed by atoms with E-state index in [0.29, 0.717) is 5.06 Å². The maximum absolute atomic E-state index is 12.1. The van der Waals surface area contributed by atoms with Crippen LogP contribution in [0.2, 0.25) is 10.0 Å². The maximum Gasteiger partial charge on any atom is 0.316 e. The smallest absolute Gasteiger partial charge is 0.316 e. The van der Waals surface area contributed by atoms with E-state index in [-0.39, 0.29) is 46.3 Å². The van der Waals surface area contributed by atoms with E-state index in [1.807, 2.05) is 6.07 Å². The first kappa shape index (κ1) is 20.2. The molecule has 0 aliphatic carbocycles. The van der Waals surface area contributed by atoms with Gasteiger partial charge in [-0.2, -0.15) is 9.63 Å². The molecule has 0 aliphatic heterocycles. The van der Waals surface area contributed by atoms with Gasteiger partial charge in [0.05, 0.1) is 21.4 Å². The van der Waals surface area contributed by atoms with Crippen LogP contribution in [0, 0.1) is 0 Å². The lowest BCUT2D eigenvalue weighted by Gasteiger charge is -2.16. The molecule has 9 heteroatoms. The van der Waals surface area contributed by atoms with Gasteiger partial charge in [0.15, 0.2) is 12.4 Å². The summed E-state index contributed by atoms with van der Waals surface area (Å²) in [5.41, 5.74) is 0.332. The normalized spacial score (nSPS) is 9.83. The molecular weight excluding hydrogens is 377 g/mol. The minimum atomic E-state index is -0.569. The van der Waals surface area contributed by atoms with E-state index in [0.717, 1.165) is 0 Å². The zero-order valence-electron chi connectivity index (χ0n) is 12.5. The molecule has 2 aromatic rings. The number of pyridine rings is 1. The number of hydroxylamine groups is 1. The molecule has 0 spiro atoms. The molecule has 0 fully saturated rings. The van der Waals surface area contributed by atoms with Crippen molar-refractivity contribution in [1.82, 2.24) is 0 Å². The largest absolute Gasteiger partial charge is 1.00 e. The van der Waals surface area contributed by atoms with Crippen molar-refractivity contribution in [2.45, 2.75) is 13.5 Å². The lowest BCUT2D eigenvalue weighted by molar-refractivity contribution is -0.684. The van der Waals surface area contributed by atoms with Gasteiger partial charge >= 0.3 is 5.91 Å². The lowest BCUT2D eigenvalue weighted by atomic mass is 10.2. The van der Waals surface area contributed by atoms with Crippen LogP contribution in [0.4, 0.5) is 11.4 Å². The molecule has 1 heterocycles. The lowest BCUT2D eigenvalue weighted by Crippen LogP contribution is -3.00. The van der Waals surface area contributed by atoms with Crippen molar-refractivity contribution in [2.75, 3.05) is 10.4 Å². The molecule has 6 nitrogen and oxygen atoms in total. The number of benzene rings is 1. The van der Waals surface area contributed by atoms with Gasteiger partial charge in [-0.1, -0.05) is 29.3 Å². The van der Waals surface area contributed by atoms with Crippen LogP contribution in [0.15, 0.2) is 42.7 Å². The van der Waals surface area contributed by atoms with E-state index in [1.54, 1.807) is 29.1 Å². The van der Waals surface area contributed by atoms with E-state index in [1.165, 1.54) is 19.1 Å². The van der Waals surface area contributed by atoms with Crippen LogP contribution < -0.4 is 27.4 Å². The molecule has 0 radical (unpaired) electrons. The zero-order chi connectivity index (χ0) is 17.0. The Morgan fingerprint density at radius 2 is 1.71 bits per heavy atom. The molecule has 128 valence electrons. The van der Waals surface area contributed by atoms with Crippen molar-refractivity contribution in [3.05, 3.63) is 52.8 Å². The van der Waals surface area contributed by atoms with Crippen molar-refractivity contribution in [3.8, 4) is 0 Å². The second-order valence-corrected chi connectivity index (χ2v) is 5.53. The van der Waals surface area contributed by atoms with Gasteiger partial charge in [-0.15, -0.1) is 0 Å². The number of aromatic nitrogens is 1. The zero-order valence-corrected chi connectivity index (χ0v) is 14.8. The summed E-state index contributed by atoms with van der Waals surface area (Å²) < 4.78 is 1.61. The van der Waals surface area contributed by atoms with E-state index in [2.05, 4.69) is 5.32 Å². The Morgan fingerprint density at radius 3 is 2.21 bits per heavy atom. The van der Waals surface area contributed by atoms with Gasteiger partial charge in [0.25, 0.3) is 0 Å². The number of nitrogens with one attached hydrogen (secondary N) is 1. The number of amides is 2. The van der Waals surface area contributed by atoms with Crippen molar-refractivity contribution >= 4 is 46.4 Å². The average Bonchev–Trinajstić information content (AvgIpc) is 2.50. The molecule has 1 aromatic carbocycles. The molecule has 1 aromatic heterocycles. The highest BCUT2D eigenvalue weighted by atomic mass is 35.5. The van der Waals surface area contributed by atoms with Gasteiger partial charge in [0.1, 0.15) is 0 Å². The molecule has 0 saturated carbocycles. The van der Waals surface area contributed by atoms with Crippen LogP contribution in [0.5, 0.6) is 0 Å². The van der Waals surface area contributed by atoms with Gasteiger partial charge in [-0.25, -0.2) is 0 Å². The Kier molecular flexibility index (Phi) is 7.44. The minimum Gasteiger partial charge on any atom is -1.00 e. The van der Waals surface area contributed by atoms with Crippen LogP contribution in [0.1, 0.15) is 6.92 Å². The molecule has 0 unspecified atom stereocenters. The van der Waals surface area contributed by atoms with E-state index in [4.69, 9.17) is 23.2 Å². The summed E-state index contributed by atoms with van der Waals surface area (Å²) in [6, 6.07) is 8.03. The van der Waals surface area contributed by atoms with E-state index in [9.17, 15) is 14.8 Å².